The van der Waals surface area contributed by atoms with Gasteiger partial charge in [0.2, 0.25) is 0 Å². The zero-order valence-electron chi connectivity index (χ0n) is 13.0. The minimum Gasteiger partial charge on any atom is -0.457 e. The van der Waals surface area contributed by atoms with Crippen LogP contribution in [0.3, 0.4) is 0 Å². The van der Waals surface area contributed by atoms with E-state index >= 15 is 0 Å². The van der Waals surface area contributed by atoms with Gasteiger partial charge in [-0.3, -0.25) is 0 Å². The Morgan fingerprint density at radius 2 is 1.79 bits per heavy atom. The molecule has 0 radical (unpaired) electrons. The van der Waals surface area contributed by atoms with E-state index < -0.39 is 5.97 Å². The maximum absolute atomic E-state index is 12.2. The fraction of sp³-hybridized carbons (Fsp3) is 0.0526. The number of esters is 1. The van der Waals surface area contributed by atoms with Crippen molar-refractivity contribution < 1.29 is 9.53 Å². The Kier molecular flexibility index (Phi) is 4.43. The molecule has 3 rings (SSSR count). The molecule has 0 atom stereocenters. The number of benzene rings is 2. The fourth-order valence-electron chi connectivity index (χ4n) is 2.32. The quantitative estimate of drug-likeness (QED) is 0.569. The van der Waals surface area contributed by atoms with Crippen LogP contribution in [0.25, 0.3) is 11.1 Å². The Hall–Kier alpha value is -3.34. The van der Waals surface area contributed by atoms with Crippen molar-refractivity contribution in [3.8, 4) is 11.1 Å². The molecule has 0 amide bonds. The summed E-state index contributed by atoms with van der Waals surface area (Å²) in [5.74, 6) is 0.0333. The molecule has 1 heterocycles. The van der Waals surface area contributed by atoms with Gasteiger partial charge in [-0.2, -0.15) is 0 Å². The molecule has 5 heteroatoms. The first-order valence-corrected chi connectivity index (χ1v) is 7.46. The summed E-state index contributed by atoms with van der Waals surface area (Å²) in [5, 5.41) is 0. The molecule has 2 aromatic carbocycles. The van der Waals surface area contributed by atoms with E-state index in [0.717, 1.165) is 16.7 Å². The lowest BCUT2D eigenvalue weighted by molar-refractivity contribution is 0.0473. The Morgan fingerprint density at radius 3 is 2.46 bits per heavy atom. The van der Waals surface area contributed by atoms with Crippen LogP contribution in [0.4, 0.5) is 11.5 Å². The van der Waals surface area contributed by atoms with E-state index in [4.69, 9.17) is 16.2 Å². The molecule has 0 saturated heterocycles. The molecule has 5 nitrogen and oxygen atoms in total. The van der Waals surface area contributed by atoms with Crippen molar-refractivity contribution in [3.63, 3.8) is 0 Å². The standard InChI is InChI=1S/C19H17N3O2/c20-17-10-14(19(23)24-12-13-4-2-1-3-5-13)6-8-16(17)15-7-9-18(21)22-11-15/h1-11H,12,20H2,(H2,21,22). The second kappa shape index (κ2) is 6.83. The maximum Gasteiger partial charge on any atom is 0.338 e. The molecule has 4 N–H and O–H groups in total. The fourth-order valence-corrected chi connectivity index (χ4v) is 2.32. The number of nitrogen functional groups attached to an aromatic ring is 2. The van der Waals surface area contributed by atoms with Crippen molar-refractivity contribution in [2.45, 2.75) is 6.61 Å². The third kappa shape index (κ3) is 3.52. The third-order valence-electron chi connectivity index (χ3n) is 3.60. The summed E-state index contributed by atoms with van der Waals surface area (Å²) in [7, 11) is 0. The van der Waals surface area contributed by atoms with Crippen LogP contribution in [0.5, 0.6) is 0 Å². The van der Waals surface area contributed by atoms with Crippen molar-refractivity contribution >= 4 is 17.5 Å². The number of rotatable bonds is 4. The summed E-state index contributed by atoms with van der Waals surface area (Å²) in [6, 6.07) is 18.1. The number of carbonyl (C=O) groups is 1. The number of anilines is 2. The van der Waals surface area contributed by atoms with Gasteiger partial charge >= 0.3 is 5.97 Å². The van der Waals surface area contributed by atoms with Gasteiger partial charge in [0, 0.05) is 23.0 Å². The molecule has 0 saturated carbocycles. The molecule has 0 fully saturated rings. The first-order chi connectivity index (χ1) is 11.6. The summed E-state index contributed by atoms with van der Waals surface area (Å²) in [5.41, 5.74) is 15.1. The van der Waals surface area contributed by atoms with E-state index in [9.17, 15) is 4.79 Å². The second-order valence-corrected chi connectivity index (χ2v) is 5.34. The minimum absolute atomic E-state index is 0.225. The van der Waals surface area contributed by atoms with Gasteiger partial charge in [0.15, 0.2) is 0 Å². The number of hydrogen-bond acceptors (Lipinski definition) is 5. The molecule has 0 aliphatic rings. The van der Waals surface area contributed by atoms with E-state index in [1.807, 2.05) is 36.4 Å². The molecule has 1 aromatic heterocycles. The molecular weight excluding hydrogens is 302 g/mol. The summed E-state index contributed by atoms with van der Waals surface area (Å²) in [6.07, 6.45) is 1.65. The van der Waals surface area contributed by atoms with Crippen molar-refractivity contribution in [2.75, 3.05) is 11.5 Å². The van der Waals surface area contributed by atoms with Gasteiger partial charge < -0.3 is 16.2 Å². The average Bonchev–Trinajstić information content (AvgIpc) is 2.61. The number of nitrogens with two attached hydrogens (primary N) is 2. The smallest absolute Gasteiger partial charge is 0.338 e. The molecule has 0 spiro atoms. The van der Waals surface area contributed by atoms with Crippen molar-refractivity contribution in [1.29, 1.82) is 0 Å². The molecule has 0 aliphatic heterocycles. The van der Waals surface area contributed by atoms with Gasteiger partial charge in [-0.25, -0.2) is 9.78 Å². The molecule has 3 aromatic rings. The highest BCUT2D eigenvalue weighted by Crippen LogP contribution is 2.27. The predicted molar refractivity (Wildman–Crippen MR) is 94.1 cm³/mol. The van der Waals surface area contributed by atoms with Crippen LogP contribution in [0, 0.1) is 0 Å². The van der Waals surface area contributed by atoms with Crippen LogP contribution in [-0.2, 0) is 11.3 Å². The van der Waals surface area contributed by atoms with Gasteiger partial charge in [0.1, 0.15) is 12.4 Å². The highest BCUT2D eigenvalue weighted by atomic mass is 16.5. The van der Waals surface area contributed by atoms with E-state index in [-0.39, 0.29) is 6.61 Å². The summed E-state index contributed by atoms with van der Waals surface area (Å²) < 4.78 is 5.31. The van der Waals surface area contributed by atoms with Crippen LogP contribution in [0.2, 0.25) is 0 Å². The Labute approximate surface area is 139 Å². The minimum atomic E-state index is -0.410. The zero-order valence-corrected chi connectivity index (χ0v) is 13.0. The van der Waals surface area contributed by atoms with Crippen LogP contribution in [-0.4, -0.2) is 11.0 Å². The lowest BCUT2D eigenvalue weighted by Crippen LogP contribution is -2.06. The number of nitrogens with zero attached hydrogens (tertiary/aromatic N) is 1. The first-order valence-electron chi connectivity index (χ1n) is 7.46. The number of ether oxygens (including phenoxy) is 1. The SMILES string of the molecule is Nc1ccc(-c2ccc(C(=O)OCc3ccccc3)cc2N)cn1. The molecule has 24 heavy (non-hydrogen) atoms. The third-order valence-corrected chi connectivity index (χ3v) is 3.60. The van der Waals surface area contributed by atoms with Crippen molar-refractivity contribution in [2.24, 2.45) is 0 Å². The van der Waals surface area contributed by atoms with Crippen LogP contribution in [0.1, 0.15) is 15.9 Å². The normalized spacial score (nSPS) is 10.3. The Balaban J connectivity index is 1.74. The lowest BCUT2D eigenvalue weighted by atomic mass is 10.0. The highest BCUT2D eigenvalue weighted by Gasteiger charge is 2.11. The molecule has 120 valence electrons. The number of aromatic nitrogens is 1. The van der Waals surface area contributed by atoms with Gasteiger partial charge in [0.05, 0.1) is 5.56 Å². The van der Waals surface area contributed by atoms with Crippen molar-refractivity contribution in [1.82, 2.24) is 4.98 Å². The van der Waals surface area contributed by atoms with Gasteiger partial charge in [-0.1, -0.05) is 36.4 Å². The van der Waals surface area contributed by atoms with Crippen LogP contribution >= 0.6 is 0 Å². The number of hydrogen-bond donors (Lipinski definition) is 2. The summed E-state index contributed by atoms with van der Waals surface area (Å²) in [6.45, 7) is 0.225. The Bertz CT molecular complexity index is 846. The van der Waals surface area contributed by atoms with E-state index in [2.05, 4.69) is 4.98 Å². The predicted octanol–water partition coefficient (Wildman–Crippen LogP) is 3.27. The van der Waals surface area contributed by atoms with Crippen LogP contribution < -0.4 is 11.5 Å². The van der Waals surface area contributed by atoms with Gasteiger partial charge in [-0.15, -0.1) is 0 Å². The lowest BCUT2D eigenvalue weighted by Gasteiger charge is -2.09. The first kappa shape index (κ1) is 15.6. The van der Waals surface area contributed by atoms with Gasteiger partial charge in [-0.05, 0) is 29.8 Å². The zero-order chi connectivity index (χ0) is 16.9. The molecular formula is C19H17N3O2. The van der Waals surface area contributed by atoms with E-state index in [0.29, 0.717) is 17.1 Å². The van der Waals surface area contributed by atoms with Crippen LogP contribution in [0.15, 0.2) is 66.9 Å². The second-order valence-electron chi connectivity index (χ2n) is 5.34. The van der Waals surface area contributed by atoms with E-state index in [1.165, 1.54) is 0 Å². The maximum atomic E-state index is 12.2. The summed E-state index contributed by atoms with van der Waals surface area (Å²) in [4.78, 5) is 16.2. The average molecular weight is 319 g/mol. The molecule has 0 aliphatic carbocycles. The summed E-state index contributed by atoms with van der Waals surface area (Å²) >= 11 is 0. The monoisotopic (exact) mass is 319 g/mol. The number of carbonyl (C=O) groups excluding carboxylic acids is 1. The Morgan fingerprint density at radius 1 is 1.00 bits per heavy atom. The topological polar surface area (TPSA) is 91.2 Å². The largest absolute Gasteiger partial charge is 0.457 e. The molecule has 0 bridgehead atoms. The number of pyridine rings is 1. The van der Waals surface area contributed by atoms with Crippen molar-refractivity contribution in [3.05, 3.63) is 78.0 Å². The highest BCUT2D eigenvalue weighted by molar-refractivity contribution is 5.92. The van der Waals surface area contributed by atoms with Gasteiger partial charge in [0.25, 0.3) is 0 Å². The van der Waals surface area contributed by atoms with E-state index in [1.54, 1.807) is 30.5 Å². The molecule has 0 unspecified atom stereocenters.